The van der Waals surface area contributed by atoms with Crippen LogP contribution < -0.4 is 5.43 Å². The number of phenolic OH excluding ortho intramolecular Hbond substituents is 1. The Morgan fingerprint density at radius 3 is 2.77 bits per heavy atom. The number of rotatable bonds is 3. The van der Waals surface area contributed by atoms with Gasteiger partial charge >= 0.3 is 0 Å². The Morgan fingerprint density at radius 2 is 2.05 bits per heavy atom. The zero-order chi connectivity index (χ0) is 16.3. The number of amides is 1. The Kier molecular flexibility index (Phi) is 6.08. The number of phenols is 1. The van der Waals surface area contributed by atoms with Crippen LogP contribution in [0.1, 0.15) is 15.9 Å². The molecule has 2 rings (SSSR count). The second kappa shape index (κ2) is 7.63. The van der Waals surface area contributed by atoms with E-state index in [0.29, 0.717) is 20.6 Å². The van der Waals surface area contributed by atoms with E-state index in [2.05, 4.69) is 49.0 Å². The van der Waals surface area contributed by atoms with Crippen LogP contribution in [0.3, 0.4) is 0 Å². The topological polar surface area (TPSA) is 61.7 Å². The van der Waals surface area contributed by atoms with E-state index in [1.54, 1.807) is 12.1 Å². The first-order valence-electron chi connectivity index (χ1n) is 5.85. The summed E-state index contributed by atoms with van der Waals surface area (Å²) in [4.78, 5) is 12.1. The lowest BCUT2D eigenvalue weighted by atomic mass is 10.2. The molecule has 0 radical (unpaired) electrons. The van der Waals surface area contributed by atoms with Gasteiger partial charge in [-0.1, -0.05) is 23.2 Å². The summed E-state index contributed by atoms with van der Waals surface area (Å²) in [6, 6.07) is 8.28. The van der Waals surface area contributed by atoms with Crippen molar-refractivity contribution in [2.24, 2.45) is 5.10 Å². The van der Waals surface area contributed by atoms with Crippen LogP contribution >= 0.6 is 61.7 Å². The fourth-order valence-corrected chi connectivity index (χ4v) is 3.00. The summed E-state index contributed by atoms with van der Waals surface area (Å²) in [7, 11) is 0. The molecule has 0 aliphatic heterocycles. The van der Waals surface area contributed by atoms with E-state index in [0.717, 1.165) is 3.57 Å². The molecule has 0 saturated carbocycles. The maximum atomic E-state index is 12.1. The molecule has 4 nitrogen and oxygen atoms in total. The van der Waals surface area contributed by atoms with E-state index in [9.17, 15) is 9.90 Å². The van der Waals surface area contributed by atoms with Gasteiger partial charge in [-0.3, -0.25) is 4.79 Å². The van der Waals surface area contributed by atoms with Gasteiger partial charge in [0.05, 0.1) is 16.8 Å². The van der Waals surface area contributed by atoms with E-state index in [4.69, 9.17) is 23.2 Å². The highest BCUT2D eigenvalue weighted by atomic mass is 127. The van der Waals surface area contributed by atoms with E-state index in [1.807, 2.05) is 6.07 Å². The van der Waals surface area contributed by atoms with Gasteiger partial charge in [0, 0.05) is 18.6 Å². The third-order valence-corrected chi connectivity index (χ3v) is 4.47. The van der Waals surface area contributed by atoms with Gasteiger partial charge in [-0.05, 0) is 68.9 Å². The van der Waals surface area contributed by atoms with E-state index in [-0.39, 0.29) is 16.7 Å². The molecule has 2 N–H and O–H groups in total. The van der Waals surface area contributed by atoms with Crippen molar-refractivity contribution in [3.8, 4) is 5.75 Å². The summed E-state index contributed by atoms with van der Waals surface area (Å²) in [5, 5.41) is 14.1. The first kappa shape index (κ1) is 17.5. The molecule has 8 heteroatoms. The highest BCUT2D eigenvalue weighted by Crippen LogP contribution is 2.29. The molecule has 0 saturated heterocycles. The van der Waals surface area contributed by atoms with Crippen molar-refractivity contribution < 1.29 is 9.90 Å². The lowest BCUT2D eigenvalue weighted by molar-refractivity contribution is 0.0954. The number of carbonyl (C=O) groups excluding carboxylic acids is 1. The number of nitrogens with zero attached hydrogens (tertiary/aromatic N) is 1. The molecule has 2 aromatic carbocycles. The predicted molar refractivity (Wildman–Crippen MR) is 100 cm³/mol. The maximum absolute atomic E-state index is 12.1. The van der Waals surface area contributed by atoms with Gasteiger partial charge in [-0.25, -0.2) is 5.43 Å². The Hall–Kier alpha value is -0.830. The smallest absolute Gasteiger partial charge is 0.272 e. The molecule has 0 aromatic heterocycles. The third kappa shape index (κ3) is 4.34. The molecule has 0 fully saturated rings. The zero-order valence-electron chi connectivity index (χ0n) is 10.8. The van der Waals surface area contributed by atoms with Crippen molar-refractivity contribution in [1.29, 1.82) is 0 Å². The molecule has 0 atom stereocenters. The summed E-state index contributed by atoms with van der Waals surface area (Å²) in [5.41, 5.74) is 3.14. The van der Waals surface area contributed by atoms with Crippen LogP contribution in [0.2, 0.25) is 10.0 Å². The summed E-state index contributed by atoms with van der Waals surface area (Å²) < 4.78 is 1.59. The molecule has 0 aliphatic carbocycles. The molecule has 0 unspecified atom stereocenters. The molecular weight excluding hydrogens is 506 g/mol. The minimum Gasteiger partial charge on any atom is -0.506 e. The lowest BCUT2D eigenvalue weighted by Crippen LogP contribution is -2.18. The standard InChI is InChI=1S/C14H8BrCl2IN2O2/c15-11-2-1-9(18)5-10(11)14(22)20-19-6-7-3-8(16)4-12(17)13(7)21/h1-6,21H,(H,20,22)/b19-6+. The number of benzene rings is 2. The average molecular weight is 514 g/mol. The molecule has 0 spiro atoms. The van der Waals surface area contributed by atoms with Crippen molar-refractivity contribution in [3.05, 3.63) is 59.5 Å². The van der Waals surface area contributed by atoms with Crippen LogP contribution in [0, 0.1) is 3.57 Å². The Bertz CT molecular complexity index is 769. The second-order valence-corrected chi connectivity index (χ2v) is 7.09. The van der Waals surface area contributed by atoms with Gasteiger partial charge in [0.1, 0.15) is 5.75 Å². The fraction of sp³-hybridized carbons (Fsp3) is 0. The van der Waals surface area contributed by atoms with E-state index >= 15 is 0 Å². The first-order valence-corrected chi connectivity index (χ1v) is 8.47. The van der Waals surface area contributed by atoms with Gasteiger partial charge in [0.2, 0.25) is 0 Å². The Balaban J connectivity index is 2.16. The quantitative estimate of drug-likeness (QED) is 0.351. The fourth-order valence-electron chi connectivity index (χ4n) is 1.58. The molecule has 22 heavy (non-hydrogen) atoms. The van der Waals surface area contributed by atoms with Crippen molar-refractivity contribution >= 4 is 73.8 Å². The lowest BCUT2D eigenvalue weighted by Gasteiger charge is -2.04. The van der Waals surface area contributed by atoms with E-state index < -0.39 is 0 Å². The van der Waals surface area contributed by atoms with Crippen LogP contribution in [0.25, 0.3) is 0 Å². The minimum absolute atomic E-state index is 0.112. The van der Waals surface area contributed by atoms with Gasteiger partial charge in [0.25, 0.3) is 5.91 Å². The average Bonchev–Trinajstić information content (AvgIpc) is 2.46. The third-order valence-electron chi connectivity index (χ3n) is 2.60. The predicted octanol–water partition coefficient (Wildman–Crippen LogP) is 4.83. The Labute approximate surface area is 158 Å². The van der Waals surface area contributed by atoms with Crippen molar-refractivity contribution in [2.45, 2.75) is 0 Å². The number of nitrogens with one attached hydrogen (secondary N) is 1. The zero-order valence-corrected chi connectivity index (χ0v) is 16.0. The van der Waals surface area contributed by atoms with Crippen molar-refractivity contribution in [3.63, 3.8) is 0 Å². The number of hydrazone groups is 1. The number of hydrogen-bond acceptors (Lipinski definition) is 3. The summed E-state index contributed by atoms with van der Waals surface area (Å²) >= 11 is 17.1. The molecule has 114 valence electrons. The van der Waals surface area contributed by atoms with Gasteiger partial charge in [-0.15, -0.1) is 0 Å². The molecule has 0 heterocycles. The number of hydrogen-bond donors (Lipinski definition) is 2. The van der Waals surface area contributed by atoms with Crippen molar-refractivity contribution in [1.82, 2.24) is 5.43 Å². The number of halogens is 4. The van der Waals surface area contributed by atoms with Gasteiger partial charge < -0.3 is 5.11 Å². The van der Waals surface area contributed by atoms with Gasteiger partial charge in [0.15, 0.2) is 0 Å². The molecule has 0 aliphatic rings. The van der Waals surface area contributed by atoms with Crippen LogP contribution in [0.5, 0.6) is 5.75 Å². The van der Waals surface area contributed by atoms with Crippen LogP contribution in [-0.2, 0) is 0 Å². The molecule has 2 aromatic rings. The largest absolute Gasteiger partial charge is 0.506 e. The van der Waals surface area contributed by atoms with Crippen LogP contribution in [-0.4, -0.2) is 17.2 Å². The van der Waals surface area contributed by atoms with Crippen molar-refractivity contribution in [2.75, 3.05) is 0 Å². The first-order chi connectivity index (χ1) is 10.4. The highest BCUT2D eigenvalue weighted by Gasteiger charge is 2.10. The molecule has 1 amide bonds. The second-order valence-electron chi connectivity index (χ2n) is 4.15. The number of aromatic hydroxyl groups is 1. The summed E-state index contributed by atoms with van der Waals surface area (Å²) in [5.74, 6) is -0.534. The van der Waals surface area contributed by atoms with Crippen LogP contribution in [0.4, 0.5) is 0 Å². The van der Waals surface area contributed by atoms with Crippen LogP contribution in [0.15, 0.2) is 39.9 Å². The van der Waals surface area contributed by atoms with Gasteiger partial charge in [-0.2, -0.15) is 5.10 Å². The number of carbonyl (C=O) groups is 1. The SMILES string of the molecule is O=C(N/N=C/c1cc(Cl)cc(Cl)c1O)c1cc(I)ccc1Br. The van der Waals surface area contributed by atoms with E-state index in [1.165, 1.54) is 18.3 Å². The normalized spacial score (nSPS) is 10.9. The summed E-state index contributed by atoms with van der Waals surface area (Å²) in [6.45, 7) is 0. The monoisotopic (exact) mass is 512 g/mol. The maximum Gasteiger partial charge on any atom is 0.272 e. The summed E-state index contributed by atoms with van der Waals surface area (Å²) in [6.07, 6.45) is 1.27. The molecular formula is C14H8BrCl2IN2O2. The Morgan fingerprint density at radius 1 is 1.32 bits per heavy atom. The minimum atomic E-state index is -0.380. The molecule has 0 bridgehead atoms. The highest BCUT2D eigenvalue weighted by molar-refractivity contribution is 14.1.